The van der Waals surface area contributed by atoms with Gasteiger partial charge >= 0.3 is 0 Å². The van der Waals surface area contributed by atoms with Crippen LogP contribution in [0.2, 0.25) is 0 Å². The lowest BCUT2D eigenvalue weighted by Gasteiger charge is -2.60. The van der Waals surface area contributed by atoms with E-state index in [9.17, 15) is 0 Å². The summed E-state index contributed by atoms with van der Waals surface area (Å²) in [6.07, 6.45) is 15.5. The lowest BCUT2D eigenvalue weighted by molar-refractivity contribution is -0.131. The fourth-order valence-corrected chi connectivity index (χ4v) is 8.26. The normalized spacial score (nSPS) is 45.5. The average molecular weight is 393 g/mol. The molecular weight excluding hydrogens is 352 g/mol. The monoisotopic (exact) mass is 392 g/mol. The molecule has 4 aliphatic carbocycles. The third kappa shape index (κ3) is 3.42. The largest absolute Gasteiger partial charge is 0.374 e. The molecule has 0 heterocycles. The van der Waals surface area contributed by atoms with Crippen LogP contribution in [0, 0.1) is 34.5 Å². The molecule has 4 saturated carbocycles. The predicted molar refractivity (Wildman–Crippen MR) is 121 cm³/mol. The number of allylic oxidation sites excluding steroid dienone is 2. The van der Waals surface area contributed by atoms with Crippen molar-refractivity contribution in [1.29, 1.82) is 0 Å². The summed E-state index contributed by atoms with van der Waals surface area (Å²) in [5.41, 5.74) is 4.23. The van der Waals surface area contributed by atoms with E-state index in [0.717, 1.165) is 30.3 Å². The number of rotatable bonds is 3. The first-order valence-electron chi connectivity index (χ1n) is 12.3. The molecule has 4 fully saturated rings. The van der Waals surface area contributed by atoms with Crippen LogP contribution in [0.25, 0.3) is 0 Å². The van der Waals surface area contributed by atoms with E-state index in [-0.39, 0.29) is 0 Å². The molecule has 1 aromatic carbocycles. The Labute approximate surface area is 178 Å². The smallest absolute Gasteiger partial charge is 0.0720 e. The minimum Gasteiger partial charge on any atom is -0.374 e. The lowest BCUT2D eigenvalue weighted by atomic mass is 9.45. The third-order valence-corrected chi connectivity index (χ3v) is 9.99. The van der Waals surface area contributed by atoms with Crippen LogP contribution in [0.3, 0.4) is 0 Å². The average Bonchev–Trinajstić information content (AvgIpc) is 3.10. The summed E-state index contributed by atoms with van der Waals surface area (Å²) in [4.78, 5) is 0. The van der Waals surface area contributed by atoms with Gasteiger partial charge in [-0.3, -0.25) is 0 Å². The molecule has 29 heavy (non-hydrogen) atoms. The summed E-state index contributed by atoms with van der Waals surface area (Å²) >= 11 is 0. The second kappa shape index (κ2) is 7.56. The summed E-state index contributed by atoms with van der Waals surface area (Å²) in [7, 11) is 0. The van der Waals surface area contributed by atoms with Gasteiger partial charge in [-0.15, -0.1) is 0 Å². The van der Waals surface area contributed by atoms with Gasteiger partial charge in [0.05, 0.1) is 12.7 Å². The standard InChI is InChI=1S/C28H40O/c1-4-20-16-26-24-11-10-22-17-23(29-19-21-8-6-5-7-9-21)12-15-28(22,3)25(24)13-14-27(26,2)18-20/h4-9,22-26H,10-19H2,1-3H3/b20-4-/t22-,23+,24+,25-,26-,27+,28-/m1/s1. The van der Waals surface area contributed by atoms with Crippen LogP contribution < -0.4 is 0 Å². The minimum atomic E-state index is 0.472. The molecule has 0 bridgehead atoms. The van der Waals surface area contributed by atoms with E-state index in [0.29, 0.717) is 16.9 Å². The van der Waals surface area contributed by atoms with E-state index >= 15 is 0 Å². The van der Waals surface area contributed by atoms with Gasteiger partial charge in [-0.1, -0.05) is 55.8 Å². The Hall–Kier alpha value is -1.08. The first kappa shape index (κ1) is 19.9. The zero-order chi connectivity index (χ0) is 20.1. The highest BCUT2D eigenvalue weighted by atomic mass is 16.5. The van der Waals surface area contributed by atoms with Crippen molar-refractivity contribution in [2.75, 3.05) is 0 Å². The predicted octanol–water partition coefficient (Wildman–Crippen LogP) is 7.56. The fourth-order valence-electron chi connectivity index (χ4n) is 8.26. The number of ether oxygens (including phenoxy) is 1. The highest BCUT2D eigenvalue weighted by molar-refractivity contribution is 5.19. The molecule has 0 N–H and O–H groups in total. The molecule has 1 nitrogen and oxygen atoms in total. The number of hydrogen-bond acceptors (Lipinski definition) is 1. The molecule has 0 aliphatic heterocycles. The first-order chi connectivity index (χ1) is 14.0. The Bertz CT molecular complexity index is 751. The highest BCUT2D eigenvalue weighted by Gasteiger charge is 2.58. The molecule has 0 unspecified atom stereocenters. The van der Waals surface area contributed by atoms with Crippen LogP contribution in [0.4, 0.5) is 0 Å². The summed E-state index contributed by atoms with van der Waals surface area (Å²) in [6, 6.07) is 10.7. The van der Waals surface area contributed by atoms with E-state index in [1.807, 2.05) is 0 Å². The zero-order valence-corrected chi connectivity index (χ0v) is 18.8. The molecule has 0 aromatic heterocycles. The summed E-state index contributed by atoms with van der Waals surface area (Å²) in [5.74, 6) is 3.78. The second-order valence-electron chi connectivity index (χ2n) is 11.4. The van der Waals surface area contributed by atoms with Crippen molar-refractivity contribution in [2.24, 2.45) is 34.5 Å². The third-order valence-electron chi connectivity index (χ3n) is 9.99. The van der Waals surface area contributed by atoms with Crippen LogP contribution >= 0.6 is 0 Å². The fraction of sp³-hybridized carbons (Fsp3) is 0.714. The maximum Gasteiger partial charge on any atom is 0.0720 e. The number of hydrogen-bond donors (Lipinski definition) is 0. The second-order valence-corrected chi connectivity index (χ2v) is 11.4. The number of benzene rings is 1. The SMILES string of the molecule is C/C=C1/C[C@@H]2[C@H]3CC[C@@H]4C[C@@H](OCc5ccccc5)CC[C@@]4(C)[C@@H]3CC[C@@]2(C)C1. The van der Waals surface area contributed by atoms with Crippen molar-refractivity contribution in [2.45, 2.75) is 91.3 Å². The molecule has 0 radical (unpaired) electrons. The summed E-state index contributed by atoms with van der Waals surface area (Å²) < 4.78 is 6.41. The maximum atomic E-state index is 6.41. The van der Waals surface area contributed by atoms with Crippen molar-refractivity contribution in [1.82, 2.24) is 0 Å². The lowest BCUT2D eigenvalue weighted by Crippen LogP contribution is -2.53. The molecule has 0 spiro atoms. The van der Waals surface area contributed by atoms with Gasteiger partial charge < -0.3 is 4.74 Å². The Kier molecular flexibility index (Phi) is 5.18. The highest BCUT2D eigenvalue weighted by Crippen LogP contribution is 2.67. The van der Waals surface area contributed by atoms with Gasteiger partial charge in [0.15, 0.2) is 0 Å². The van der Waals surface area contributed by atoms with E-state index in [4.69, 9.17) is 4.74 Å². The molecule has 4 aliphatic rings. The molecule has 0 amide bonds. The van der Waals surface area contributed by atoms with Crippen molar-refractivity contribution >= 4 is 0 Å². The summed E-state index contributed by atoms with van der Waals surface area (Å²) in [5, 5.41) is 0. The first-order valence-corrected chi connectivity index (χ1v) is 12.3. The quantitative estimate of drug-likeness (QED) is 0.482. The number of fused-ring (bicyclic) bond motifs is 5. The Morgan fingerprint density at radius 2 is 1.83 bits per heavy atom. The van der Waals surface area contributed by atoms with Gasteiger partial charge in [0.1, 0.15) is 0 Å². The van der Waals surface area contributed by atoms with Crippen molar-refractivity contribution < 1.29 is 4.74 Å². The Morgan fingerprint density at radius 1 is 1.00 bits per heavy atom. The molecular formula is C28H40O. The van der Waals surface area contributed by atoms with Gasteiger partial charge in [-0.2, -0.15) is 0 Å². The van der Waals surface area contributed by atoms with Gasteiger partial charge in [0.2, 0.25) is 0 Å². The topological polar surface area (TPSA) is 9.23 Å². The molecule has 0 saturated heterocycles. The van der Waals surface area contributed by atoms with Crippen LogP contribution in [-0.2, 0) is 11.3 Å². The summed E-state index contributed by atoms with van der Waals surface area (Å²) in [6.45, 7) is 8.35. The van der Waals surface area contributed by atoms with Gasteiger partial charge in [0.25, 0.3) is 0 Å². The van der Waals surface area contributed by atoms with E-state index in [2.05, 4.69) is 57.2 Å². The zero-order valence-electron chi connectivity index (χ0n) is 18.8. The molecule has 7 atom stereocenters. The van der Waals surface area contributed by atoms with Gasteiger partial charge in [-0.25, -0.2) is 0 Å². The van der Waals surface area contributed by atoms with E-state index in [1.165, 1.54) is 63.4 Å². The van der Waals surface area contributed by atoms with E-state index in [1.54, 1.807) is 5.57 Å². The molecule has 1 heteroatoms. The molecule has 5 rings (SSSR count). The van der Waals surface area contributed by atoms with Crippen molar-refractivity contribution in [3.63, 3.8) is 0 Å². The minimum absolute atomic E-state index is 0.472. The van der Waals surface area contributed by atoms with Crippen LogP contribution in [0.1, 0.15) is 84.1 Å². The van der Waals surface area contributed by atoms with Crippen molar-refractivity contribution in [3.05, 3.63) is 47.5 Å². The van der Waals surface area contributed by atoms with Crippen molar-refractivity contribution in [3.8, 4) is 0 Å². The Morgan fingerprint density at radius 3 is 2.62 bits per heavy atom. The van der Waals surface area contributed by atoms with E-state index < -0.39 is 0 Å². The van der Waals surface area contributed by atoms with Crippen LogP contribution in [0.5, 0.6) is 0 Å². The van der Waals surface area contributed by atoms with Crippen LogP contribution in [0.15, 0.2) is 42.0 Å². The van der Waals surface area contributed by atoms with Crippen LogP contribution in [-0.4, -0.2) is 6.10 Å². The van der Waals surface area contributed by atoms with Gasteiger partial charge in [0, 0.05) is 0 Å². The van der Waals surface area contributed by atoms with Gasteiger partial charge in [-0.05, 0) is 105 Å². The Balaban J connectivity index is 1.27. The maximum absolute atomic E-state index is 6.41. The molecule has 158 valence electrons. The molecule has 1 aromatic rings.